The fraction of sp³-hybridized carbons (Fsp3) is 0.353. The van der Waals surface area contributed by atoms with Crippen LogP contribution in [0.25, 0.3) is 0 Å². The Kier molecular flexibility index (Phi) is 6.73. The van der Waals surface area contributed by atoms with E-state index in [1.807, 2.05) is 5.38 Å². The summed E-state index contributed by atoms with van der Waals surface area (Å²) in [6.45, 7) is 3.91. The Hall–Kier alpha value is -1.81. The van der Waals surface area contributed by atoms with Gasteiger partial charge in [0.1, 0.15) is 0 Å². The van der Waals surface area contributed by atoms with Gasteiger partial charge in [-0.2, -0.15) is 0 Å². The molecule has 0 radical (unpaired) electrons. The number of halogens is 1. The molecule has 1 aliphatic rings. The Morgan fingerprint density at radius 1 is 1.23 bits per heavy atom. The number of benzene rings is 1. The van der Waals surface area contributed by atoms with Crippen LogP contribution in [-0.4, -0.2) is 54.5 Å². The number of anilines is 1. The molecule has 0 spiro atoms. The van der Waals surface area contributed by atoms with Crippen LogP contribution in [0, 0.1) is 0 Å². The number of nitrogens with zero attached hydrogens (tertiary/aromatic N) is 2. The minimum Gasteiger partial charge on any atom is -0.379 e. The zero-order chi connectivity index (χ0) is 18.4. The molecule has 0 bridgehead atoms. The van der Waals surface area contributed by atoms with Crippen molar-refractivity contribution in [2.75, 3.05) is 38.2 Å². The fourth-order valence-corrected chi connectivity index (χ4v) is 3.43. The maximum Gasteiger partial charge on any atom is 0.251 e. The summed E-state index contributed by atoms with van der Waals surface area (Å²) in [6, 6.07) is 6.94. The Balaban J connectivity index is 1.44. The second-order valence-corrected chi connectivity index (χ2v) is 7.54. The second kappa shape index (κ2) is 9.22. The van der Waals surface area contributed by atoms with Crippen molar-refractivity contribution in [2.45, 2.75) is 6.54 Å². The van der Waals surface area contributed by atoms with E-state index < -0.39 is 0 Å². The number of carbonyl (C=O) groups excluding carboxylic acids is 2. The normalized spacial score (nSPS) is 14.8. The number of rotatable bonds is 6. The van der Waals surface area contributed by atoms with Crippen LogP contribution in [0.3, 0.4) is 0 Å². The molecule has 138 valence electrons. The van der Waals surface area contributed by atoms with Crippen molar-refractivity contribution in [3.63, 3.8) is 0 Å². The minimum atomic E-state index is -0.303. The number of nitrogens with one attached hydrogen (secondary N) is 2. The zero-order valence-electron chi connectivity index (χ0n) is 14.0. The summed E-state index contributed by atoms with van der Waals surface area (Å²) in [4.78, 5) is 30.7. The predicted octanol–water partition coefficient (Wildman–Crippen LogP) is 2.11. The third-order valence-electron chi connectivity index (χ3n) is 3.80. The number of hydrogen-bond donors (Lipinski definition) is 2. The third kappa shape index (κ3) is 5.60. The monoisotopic (exact) mass is 438 g/mol. The largest absolute Gasteiger partial charge is 0.379 e. The van der Waals surface area contributed by atoms with Gasteiger partial charge in [-0.25, -0.2) is 4.98 Å². The molecule has 26 heavy (non-hydrogen) atoms. The van der Waals surface area contributed by atoms with Crippen LogP contribution in [0.2, 0.25) is 0 Å². The van der Waals surface area contributed by atoms with Crippen LogP contribution in [0.5, 0.6) is 0 Å². The Morgan fingerprint density at radius 3 is 2.69 bits per heavy atom. The van der Waals surface area contributed by atoms with E-state index in [2.05, 4.69) is 36.4 Å². The number of ether oxygens (including phenoxy) is 1. The lowest BCUT2D eigenvalue weighted by Crippen LogP contribution is -2.35. The summed E-state index contributed by atoms with van der Waals surface area (Å²) in [5, 5.41) is 7.79. The van der Waals surface area contributed by atoms with Crippen LogP contribution < -0.4 is 10.6 Å². The van der Waals surface area contributed by atoms with Gasteiger partial charge in [0.25, 0.3) is 5.91 Å². The molecule has 0 saturated carbocycles. The molecular weight excluding hydrogens is 420 g/mol. The summed E-state index contributed by atoms with van der Waals surface area (Å²) < 4.78 is 6.22. The topological polar surface area (TPSA) is 83.6 Å². The van der Waals surface area contributed by atoms with Crippen molar-refractivity contribution in [3.8, 4) is 0 Å². The van der Waals surface area contributed by atoms with E-state index in [4.69, 9.17) is 4.74 Å². The smallest absolute Gasteiger partial charge is 0.251 e. The number of hydrogen-bond acceptors (Lipinski definition) is 6. The number of amides is 2. The molecule has 0 aliphatic carbocycles. The maximum atomic E-state index is 12.0. The van der Waals surface area contributed by atoms with Gasteiger partial charge in [0.05, 0.1) is 25.5 Å². The first kappa shape index (κ1) is 19.0. The first-order valence-electron chi connectivity index (χ1n) is 8.18. The molecule has 1 aliphatic heterocycles. The van der Waals surface area contributed by atoms with E-state index in [1.54, 1.807) is 24.3 Å². The van der Waals surface area contributed by atoms with Gasteiger partial charge >= 0.3 is 0 Å². The Labute approximate surface area is 163 Å². The Bertz CT molecular complexity index is 760. The lowest BCUT2D eigenvalue weighted by atomic mass is 10.2. The molecule has 1 aromatic carbocycles. The van der Waals surface area contributed by atoms with Crippen molar-refractivity contribution in [1.29, 1.82) is 0 Å². The maximum absolute atomic E-state index is 12.0. The molecule has 2 aromatic rings. The van der Waals surface area contributed by atoms with E-state index >= 15 is 0 Å². The van der Waals surface area contributed by atoms with E-state index in [0.29, 0.717) is 10.7 Å². The summed E-state index contributed by atoms with van der Waals surface area (Å²) in [7, 11) is 0. The highest BCUT2D eigenvalue weighted by molar-refractivity contribution is 9.10. The molecule has 2 amide bonds. The van der Waals surface area contributed by atoms with Crippen molar-refractivity contribution in [3.05, 3.63) is 45.4 Å². The summed E-state index contributed by atoms with van der Waals surface area (Å²) in [6.07, 6.45) is 0. The average Bonchev–Trinajstić information content (AvgIpc) is 3.08. The van der Waals surface area contributed by atoms with Gasteiger partial charge in [-0.1, -0.05) is 15.9 Å². The number of morpholine rings is 1. The number of carbonyl (C=O) groups is 2. The van der Waals surface area contributed by atoms with E-state index in [1.165, 1.54) is 11.3 Å². The van der Waals surface area contributed by atoms with Crippen molar-refractivity contribution >= 4 is 44.2 Å². The molecule has 1 saturated heterocycles. The van der Waals surface area contributed by atoms with Crippen LogP contribution >= 0.6 is 27.3 Å². The van der Waals surface area contributed by atoms with Crippen molar-refractivity contribution < 1.29 is 14.3 Å². The molecule has 7 nitrogen and oxygen atoms in total. The van der Waals surface area contributed by atoms with Crippen LogP contribution in [0.4, 0.5) is 5.13 Å². The Morgan fingerprint density at radius 2 is 1.96 bits per heavy atom. The third-order valence-corrected chi connectivity index (χ3v) is 5.14. The predicted molar refractivity (Wildman–Crippen MR) is 103 cm³/mol. The highest BCUT2D eigenvalue weighted by Gasteiger charge is 2.14. The van der Waals surface area contributed by atoms with Crippen molar-refractivity contribution in [1.82, 2.24) is 15.2 Å². The number of aromatic nitrogens is 1. The van der Waals surface area contributed by atoms with E-state index in [0.717, 1.165) is 43.0 Å². The fourth-order valence-electron chi connectivity index (χ4n) is 2.45. The van der Waals surface area contributed by atoms with Gasteiger partial charge in [0, 0.05) is 35.1 Å². The van der Waals surface area contributed by atoms with Gasteiger partial charge in [0.2, 0.25) is 5.91 Å². The van der Waals surface area contributed by atoms with Crippen LogP contribution in [-0.2, 0) is 16.1 Å². The highest BCUT2D eigenvalue weighted by atomic mass is 79.9. The average molecular weight is 439 g/mol. The van der Waals surface area contributed by atoms with Crippen molar-refractivity contribution in [2.24, 2.45) is 0 Å². The molecule has 9 heteroatoms. The van der Waals surface area contributed by atoms with E-state index in [9.17, 15) is 9.59 Å². The SMILES string of the molecule is O=C(CNC(=O)c1ccc(Br)cc1)Nc1nc(CN2CCOCC2)cs1. The zero-order valence-corrected chi connectivity index (χ0v) is 16.4. The second-order valence-electron chi connectivity index (χ2n) is 5.77. The van der Waals surface area contributed by atoms with E-state index in [-0.39, 0.29) is 18.4 Å². The van der Waals surface area contributed by atoms with Gasteiger partial charge < -0.3 is 15.4 Å². The minimum absolute atomic E-state index is 0.104. The lowest BCUT2D eigenvalue weighted by Gasteiger charge is -2.25. The molecule has 2 heterocycles. The summed E-state index contributed by atoms with van der Waals surface area (Å²) in [5.74, 6) is -0.595. The van der Waals surface area contributed by atoms with Gasteiger partial charge in [0.15, 0.2) is 5.13 Å². The first-order valence-corrected chi connectivity index (χ1v) is 9.85. The molecule has 0 atom stereocenters. The quantitative estimate of drug-likeness (QED) is 0.721. The van der Waals surface area contributed by atoms with Crippen LogP contribution in [0.15, 0.2) is 34.1 Å². The standard InChI is InChI=1S/C17H19BrN4O3S/c18-13-3-1-12(2-4-13)16(24)19-9-15(23)21-17-20-14(11-26-17)10-22-5-7-25-8-6-22/h1-4,11H,5-10H2,(H,19,24)(H,20,21,23). The van der Waals surface area contributed by atoms with Gasteiger partial charge in [-0.15, -0.1) is 11.3 Å². The lowest BCUT2D eigenvalue weighted by molar-refractivity contribution is -0.115. The molecule has 1 fully saturated rings. The highest BCUT2D eigenvalue weighted by Crippen LogP contribution is 2.17. The molecule has 2 N–H and O–H groups in total. The molecular formula is C17H19BrN4O3S. The van der Waals surface area contributed by atoms with Gasteiger partial charge in [-0.3, -0.25) is 14.5 Å². The molecule has 0 unspecified atom stereocenters. The first-order chi connectivity index (χ1) is 12.6. The van der Waals surface area contributed by atoms with Gasteiger partial charge in [-0.05, 0) is 24.3 Å². The number of thiazole rings is 1. The summed E-state index contributed by atoms with van der Waals surface area (Å²) >= 11 is 4.70. The summed E-state index contributed by atoms with van der Waals surface area (Å²) in [5.41, 5.74) is 1.43. The van der Waals surface area contributed by atoms with Crippen LogP contribution in [0.1, 0.15) is 16.1 Å². The molecule has 3 rings (SSSR count). The molecule has 1 aromatic heterocycles.